The third-order valence-electron chi connectivity index (χ3n) is 7.02. The van der Waals surface area contributed by atoms with E-state index >= 15 is 0 Å². The van der Waals surface area contributed by atoms with Crippen molar-refractivity contribution in [1.82, 2.24) is 30.1 Å². The molecule has 1 aromatic carbocycles. The van der Waals surface area contributed by atoms with Crippen molar-refractivity contribution in [1.29, 1.82) is 0 Å². The quantitative estimate of drug-likeness (QED) is 0.350. The van der Waals surface area contributed by atoms with Gasteiger partial charge in [-0.25, -0.2) is 9.59 Å². The lowest BCUT2D eigenvalue weighted by molar-refractivity contribution is -0.193. The molecule has 0 spiro atoms. The molecule has 5 rings (SSSR count). The summed E-state index contributed by atoms with van der Waals surface area (Å²) in [7, 11) is 0. The van der Waals surface area contributed by atoms with Gasteiger partial charge in [0, 0.05) is 17.8 Å². The number of aromatic nitrogens is 4. The first-order chi connectivity index (χ1) is 20.2. The average molecular weight is 623 g/mol. The largest absolute Gasteiger partial charge is 0.490 e. The first kappa shape index (κ1) is 33.8. The standard InChI is InChI=1S/C22H30N6O.2C2HF3O2/c1-2-19-18-5-3-4-6-20(18)28(25-19)22-24-21(29-26-22)17-9-13-27(14-10-17)15-16-7-11-23-12-8-16;2*3-2(4,5)1(6)7/h3-6,16-17,23H,2,7-15H2,1H3;2*(H,6,7). The number of hydrogen-bond donors (Lipinski definition) is 3. The third kappa shape index (κ3) is 9.64. The summed E-state index contributed by atoms with van der Waals surface area (Å²) in [5, 5.41) is 27.9. The number of aryl methyl sites for hydroxylation is 1. The molecule has 0 saturated carbocycles. The SMILES string of the molecule is CCc1nn(-c2noc(C3CCN(CC4CCNCC4)CC3)n2)c2ccccc12.O=C(O)C(F)(F)F.O=C(O)C(F)(F)F. The Hall–Kier alpha value is -3.73. The average Bonchev–Trinajstić information content (AvgIpc) is 3.59. The Bertz CT molecular complexity index is 1320. The van der Waals surface area contributed by atoms with E-state index in [1.54, 1.807) is 0 Å². The van der Waals surface area contributed by atoms with Crippen molar-refractivity contribution in [3.05, 3.63) is 35.9 Å². The molecule has 2 aliphatic heterocycles. The number of fused-ring (bicyclic) bond motifs is 1. The highest BCUT2D eigenvalue weighted by Crippen LogP contribution is 2.29. The van der Waals surface area contributed by atoms with E-state index in [0.717, 1.165) is 60.8 Å². The number of piperidine rings is 2. The topological polar surface area (TPSA) is 147 Å². The van der Waals surface area contributed by atoms with Crippen molar-refractivity contribution >= 4 is 22.8 Å². The maximum atomic E-state index is 10.6. The molecule has 0 bridgehead atoms. The lowest BCUT2D eigenvalue weighted by atomic mass is 9.93. The molecule has 0 atom stereocenters. The zero-order valence-corrected chi connectivity index (χ0v) is 23.2. The molecule has 2 fully saturated rings. The summed E-state index contributed by atoms with van der Waals surface area (Å²) >= 11 is 0. The molecule has 0 radical (unpaired) electrons. The fraction of sp³-hybridized carbons (Fsp3) is 0.577. The van der Waals surface area contributed by atoms with E-state index in [4.69, 9.17) is 34.4 Å². The van der Waals surface area contributed by atoms with E-state index in [2.05, 4.69) is 34.4 Å². The summed E-state index contributed by atoms with van der Waals surface area (Å²) in [6.07, 6.45) is -4.48. The van der Waals surface area contributed by atoms with Crippen molar-refractivity contribution < 1.29 is 50.7 Å². The highest BCUT2D eigenvalue weighted by atomic mass is 19.4. The van der Waals surface area contributed by atoms with Crippen LogP contribution in [0.15, 0.2) is 28.8 Å². The molecule has 2 saturated heterocycles. The normalized spacial score (nSPS) is 17.1. The number of hydrogen-bond acceptors (Lipinski definition) is 8. The Labute approximate surface area is 241 Å². The zero-order valence-electron chi connectivity index (χ0n) is 23.2. The Morgan fingerprint density at radius 1 is 0.977 bits per heavy atom. The van der Waals surface area contributed by atoms with Crippen molar-refractivity contribution in [3.63, 3.8) is 0 Å². The molecular weight excluding hydrogens is 590 g/mol. The van der Waals surface area contributed by atoms with Gasteiger partial charge in [0.2, 0.25) is 5.89 Å². The molecule has 0 aliphatic carbocycles. The van der Waals surface area contributed by atoms with Crippen LogP contribution in [0.2, 0.25) is 0 Å². The molecular formula is C26H32F6N6O5. The monoisotopic (exact) mass is 622 g/mol. The van der Waals surface area contributed by atoms with Gasteiger partial charge in [-0.05, 0) is 75.4 Å². The first-order valence-electron chi connectivity index (χ1n) is 13.5. The lowest BCUT2D eigenvalue weighted by Crippen LogP contribution is -2.39. The molecule has 4 heterocycles. The van der Waals surface area contributed by atoms with Crippen LogP contribution in [-0.2, 0) is 16.0 Å². The number of nitrogens with one attached hydrogen (secondary N) is 1. The van der Waals surface area contributed by atoms with Gasteiger partial charge < -0.3 is 25.0 Å². The van der Waals surface area contributed by atoms with E-state index in [1.165, 1.54) is 32.5 Å². The van der Waals surface area contributed by atoms with Crippen LogP contribution in [0.5, 0.6) is 0 Å². The summed E-state index contributed by atoms with van der Waals surface area (Å²) in [6, 6.07) is 8.25. The molecule has 17 heteroatoms. The molecule has 2 aromatic heterocycles. The number of likely N-dealkylation sites (tertiary alicyclic amines) is 1. The zero-order chi connectivity index (χ0) is 31.8. The molecule has 43 heavy (non-hydrogen) atoms. The molecule has 0 amide bonds. The summed E-state index contributed by atoms with van der Waals surface area (Å²) < 4.78 is 71.0. The number of carboxylic acid groups (broad SMARTS) is 2. The second kappa shape index (κ2) is 14.6. The highest BCUT2D eigenvalue weighted by molar-refractivity contribution is 5.83. The number of rotatable bonds is 5. The van der Waals surface area contributed by atoms with Crippen LogP contribution >= 0.6 is 0 Å². The third-order valence-corrected chi connectivity index (χ3v) is 7.02. The van der Waals surface area contributed by atoms with E-state index in [-0.39, 0.29) is 0 Å². The fourth-order valence-corrected chi connectivity index (χ4v) is 4.82. The Kier molecular flexibility index (Phi) is 11.5. The summed E-state index contributed by atoms with van der Waals surface area (Å²) in [6.45, 7) is 7.95. The number of alkyl halides is 6. The first-order valence-corrected chi connectivity index (χ1v) is 13.5. The number of carbonyl (C=O) groups is 2. The van der Waals surface area contributed by atoms with E-state index in [9.17, 15) is 26.3 Å². The van der Waals surface area contributed by atoms with Gasteiger partial charge in [0.25, 0.3) is 5.95 Å². The number of para-hydroxylation sites is 1. The van der Waals surface area contributed by atoms with Gasteiger partial charge in [0.15, 0.2) is 0 Å². The van der Waals surface area contributed by atoms with Crippen LogP contribution < -0.4 is 5.32 Å². The molecule has 3 aromatic rings. The van der Waals surface area contributed by atoms with Crippen molar-refractivity contribution in [2.45, 2.75) is 57.3 Å². The van der Waals surface area contributed by atoms with Crippen LogP contribution in [0, 0.1) is 5.92 Å². The minimum Gasteiger partial charge on any atom is -0.475 e. The van der Waals surface area contributed by atoms with Crippen LogP contribution in [0.4, 0.5) is 26.3 Å². The number of aliphatic carboxylic acids is 2. The summed E-state index contributed by atoms with van der Waals surface area (Å²) in [5.41, 5.74) is 2.10. The van der Waals surface area contributed by atoms with Crippen molar-refractivity contribution in [3.8, 4) is 5.95 Å². The van der Waals surface area contributed by atoms with Crippen LogP contribution in [0.1, 0.15) is 50.1 Å². The van der Waals surface area contributed by atoms with Crippen molar-refractivity contribution in [2.24, 2.45) is 5.92 Å². The van der Waals surface area contributed by atoms with Crippen LogP contribution in [0.25, 0.3) is 16.9 Å². The van der Waals surface area contributed by atoms with E-state index in [0.29, 0.717) is 11.9 Å². The van der Waals surface area contributed by atoms with Crippen LogP contribution in [-0.4, -0.2) is 92.0 Å². The van der Waals surface area contributed by atoms with Gasteiger partial charge in [0.05, 0.1) is 11.2 Å². The second-order valence-electron chi connectivity index (χ2n) is 10.0. The maximum Gasteiger partial charge on any atom is 0.490 e. The van der Waals surface area contributed by atoms with Gasteiger partial charge >= 0.3 is 24.3 Å². The van der Waals surface area contributed by atoms with Crippen LogP contribution in [0.3, 0.4) is 0 Å². The minimum atomic E-state index is -5.08. The van der Waals surface area contributed by atoms with Crippen molar-refractivity contribution in [2.75, 3.05) is 32.7 Å². The Morgan fingerprint density at radius 3 is 2.07 bits per heavy atom. The van der Waals surface area contributed by atoms with Gasteiger partial charge in [-0.15, -0.1) is 0 Å². The molecule has 238 valence electrons. The van der Waals surface area contributed by atoms with Gasteiger partial charge in [-0.2, -0.15) is 41.1 Å². The van der Waals surface area contributed by atoms with Gasteiger partial charge in [0.1, 0.15) is 0 Å². The number of nitrogens with zero attached hydrogens (tertiary/aromatic N) is 5. The van der Waals surface area contributed by atoms with E-state index in [1.807, 2.05) is 16.8 Å². The predicted octanol–water partition coefficient (Wildman–Crippen LogP) is 4.42. The maximum absolute atomic E-state index is 10.6. The molecule has 3 N–H and O–H groups in total. The highest BCUT2D eigenvalue weighted by Gasteiger charge is 2.39. The van der Waals surface area contributed by atoms with E-state index < -0.39 is 24.3 Å². The number of halogens is 6. The van der Waals surface area contributed by atoms with Gasteiger partial charge in [-0.1, -0.05) is 25.1 Å². The second-order valence-corrected chi connectivity index (χ2v) is 10.0. The number of benzene rings is 1. The fourth-order valence-electron chi connectivity index (χ4n) is 4.82. The minimum absolute atomic E-state index is 0.355. The predicted molar refractivity (Wildman–Crippen MR) is 140 cm³/mol. The molecule has 0 unspecified atom stereocenters. The van der Waals surface area contributed by atoms with Gasteiger partial charge in [-0.3, -0.25) is 0 Å². The lowest BCUT2D eigenvalue weighted by Gasteiger charge is -2.34. The molecule has 2 aliphatic rings. The summed E-state index contributed by atoms with van der Waals surface area (Å²) in [5.74, 6) is -3.00. The Balaban J connectivity index is 0.000000303. The molecule has 11 nitrogen and oxygen atoms in total. The Morgan fingerprint density at radius 2 is 1.53 bits per heavy atom. The smallest absolute Gasteiger partial charge is 0.475 e. The number of carboxylic acids is 2. The summed E-state index contributed by atoms with van der Waals surface area (Å²) in [4.78, 5) is 25.2.